The lowest BCUT2D eigenvalue weighted by Crippen LogP contribution is -2.51. The highest BCUT2D eigenvalue weighted by atomic mass is 16.7. The molecule has 0 aromatic heterocycles. The van der Waals surface area contributed by atoms with Crippen LogP contribution in [-0.4, -0.2) is 87.6 Å². The van der Waals surface area contributed by atoms with Gasteiger partial charge in [0.1, 0.15) is 12.2 Å². The van der Waals surface area contributed by atoms with Crippen LogP contribution in [0.1, 0.15) is 92.4 Å². The van der Waals surface area contributed by atoms with Gasteiger partial charge in [0.05, 0.1) is 6.10 Å². The predicted octanol–water partition coefficient (Wildman–Crippen LogP) is 3.63. The molecule has 42 heavy (non-hydrogen) atoms. The normalized spacial score (nSPS) is 24.9. The summed E-state index contributed by atoms with van der Waals surface area (Å²) in [5.41, 5.74) is -1.27. The third-order valence-electron chi connectivity index (χ3n) is 8.16. The zero-order chi connectivity index (χ0) is 31.3. The third kappa shape index (κ3) is 12.4. The summed E-state index contributed by atoms with van der Waals surface area (Å²) in [5.74, 6) is -0.508. The van der Waals surface area contributed by atoms with Crippen LogP contribution < -0.4 is 10.6 Å². The van der Waals surface area contributed by atoms with E-state index in [2.05, 4.69) is 15.4 Å². The van der Waals surface area contributed by atoms with Crippen molar-refractivity contribution in [2.45, 2.75) is 128 Å². The number of esters is 2. The number of alkyl carbamates (subject to hydrolysis) is 1. The van der Waals surface area contributed by atoms with Gasteiger partial charge >= 0.3 is 18.0 Å². The Morgan fingerprint density at radius 3 is 1.83 bits per heavy atom. The maximum absolute atomic E-state index is 13.0. The first kappa shape index (κ1) is 35.8. The minimum absolute atomic E-state index is 0.0567. The third-order valence-corrected chi connectivity index (χ3v) is 8.16. The van der Waals surface area contributed by atoms with E-state index in [1.54, 1.807) is 21.0 Å². The monoisotopic (exact) mass is 600 g/mol. The second-order valence-corrected chi connectivity index (χ2v) is 12.2. The number of hydrogen-bond donors (Lipinski definition) is 2. The molecule has 0 radical (unpaired) electrons. The van der Waals surface area contributed by atoms with Gasteiger partial charge < -0.3 is 39.1 Å². The van der Waals surface area contributed by atoms with Crippen LogP contribution in [-0.2, 0) is 42.8 Å². The van der Waals surface area contributed by atoms with Crippen LogP contribution in [0.2, 0.25) is 0 Å². The molecule has 0 aromatic rings. The number of amides is 2. The van der Waals surface area contributed by atoms with Gasteiger partial charge in [-0.1, -0.05) is 0 Å². The molecule has 2 aliphatic rings. The van der Waals surface area contributed by atoms with E-state index in [0.717, 1.165) is 51.4 Å². The standard InChI is InChI=1S/C30H52N2O10/c1-19(38-7)17-39-29(36)32-25-14-10-23(11-15-25)16-22-8-12-24(13-9-22)31-28(35)30(4,5)42-21(3)27(34)41-20(2)26(33)40-18-37-6/h19-25H,8-18H2,1-7H3,(H,31,35)(H,32,36). The van der Waals surface area contributed by atoms with E-state index < -0.39 is 29.7 Å². The number of ether oxygens (including phenoxy) is 6. The lowest BCUT2D eigenvalue weighted by molar-refractivity contribution is -0.184. The van der Waals surface area contributed by atoms with Crippen molar-refractivity contribution in [3.05, 3.63) is 0 Å². The molecule has 12 nitrogen and oxygen atoms in total. The van der Waals surface area contributed by atoms with E-state index in [-0.39, 0.29) is 43.6 Å². The van der Waals surface area contributed by atoms with Crippen LogP contribution in [0.25, 0.3) is 0 Å². The van der Waals surface area contributed by atoms with Crippen molar-refractivity contribution in [3.8, 4) is 0 Å². The molecule has 0 bridgehead atoms. The first-order valence-electron chi connectivity index (χ1n) is 15.2. The fraction of sp³-hybridized carbons (Fsp3) is 0.867. The summed E-state index contributed by atoms with van der Waals surface area (Å²) in [4.78, 5) is 49.2. The molecule has 3 unspecified atom stereocenters. The zero-order valence-corrected chi connectivity index (χ0v) is 26.4. The fourth-order valence-electron chi connectivity index (χ4n) is 5.48. The van der Waals surface area contributed by atoms with E-state index in [1.807, 2.05) is 6.92 Å². The summed E-state index contributed by atoms with van der Waals surface area (Å²) in [6.07, 6.45) is 6.49. The highest BCUT2D eigenvalue weighted by Gasteiger charge is 2.36. The van der Waals surface area contributed by atoms with Crippen LogP contribution in [0.4, 0.5) is 4.79 Å². The van der Waals surface area contributed by atoms with Crippen LogP contribution in [0.3, 0.4) is 0 Å². The smallest absolute Gasteiger partial charge is 0.407 e. The molecule has 12 heteroatoms. The first-order valence-corrected chi connectivity index (χ1v) is 15.2. The predicted molar refractivity (Wildman–Crippen MR) is 153 cm³/mol. The van der Waals surface area contributed by atoms with E-state index in [4.69, 9.17) is 23.7 Å². The molecule has 2 amide bonds. The molecule has 0 heterocycles. The molecule has 0 spiro atoms. The van der Waals surface area contributed by atoms with Crippen LogP contribution in [0.15, 0.2) is 0 Å². The number of hydrogen-bond acceptors (Lipinski definition) is 10. The van der Waals surface area contributed by atoms with Crippen LogP contribution >= 0.6 is 0 Å². The average molecular weight is 601 g/mol. The second kappa shape index (κ2) is 17.6. The number of carbonyl (C=O) groups excluding carboxylic acids is 4. The topological polar surface area (TPSA) is 148 Å². The Labute approximate surface area is 250 Å². The molecule has 3 atom stereocenters. The lowest BCUT2D eigenvalue weighted by atomic mass is 9.75. The van der Waals surface area contributed by atoms with Gasteiger partial charge in [-0.25, -0.2) is 14.4 Å². The molecule has 2 saturated carbocycles. The summed E-state index contributed by atoms with van der Waals surface area (Å²) in [7, 11) is 2.96. The number of rotatable bonds is 15. The molecule has 242 valence electrons. The van der Waals surface area contributed by atoms with Gasteiger partial charge in [0.25, 0.3) is 5.91 Å². The quantitative estimate of drug-likeness (QED) is 0.162. The number of methoxy groups -OCH3 is 2. The SMILES string of the molecule is COCOC(=O)C(C)OC(=O)C(C)OC(C)(C)C(=O)NC1CCC(CC2CCC(NC(=O)OCC(C)OC)CC2)CC1. The molecule has 2 aliphatic carbocycles. The Balaban J connectivity index is 1.67. The largest absolute Gasteiger partial charge is 0.449 e. The second-order valence-electron chi connectivity index (χ2n) is 12.2. The van der Waals surface area contributed by atoms with E-state index >= 15 is 0 Å². The lowest BCUT2D eigenvalue weighted by Gasteiger charge is -2.35. The average Bonchev–Trinajstić information content (AvgIpc) is 2.96. The Hall–Kier alpha value is -2.44. The zero-order valence-electron chi connectivity index (χ0n) is 26.4. The molecule has 2 fully saturated rings. The summed E-state index contributed by atoms with van der Waals surface area (Å²) >= 11 is 0. The minimum atomic E-state index is -1.27. The molecule has 2 N–H and O–H groups in total. The molecule has 0 aromatic carbocycles. The first-order chi connectivity index (χ1) is 19.8. The van der Waals surface area contributed by atoms with Gasteiger partial charge in [0.15, 0.2) is 19.0 Å². The molecule has 0 aliphatic heterocycles. The van der Waals surface area contributed by atoms with Crippen molar-refractivity contribution >= 4 is 23.9 Å². The molecule has 2 rings (SSSR count). The van der Waals surface area contributed by atoms with Gasteiger partial charge in [-0.05, 0) is 104 Å². The maximum Gasteiger partial charge on any atom is 0.407 e. The van der Waals surface area contributed by atoms with Crippen molar-refractivity contribution in [2.75, 3.05) is 27.6 Å². The van der Waals surface area contributed by atoms with Crippen LogP contribution in [0.5, 0.6) is 0 Å². The highest BCUT2D eigenvalue weighted by molar-refractivity contribution is 5.85. The van der Waals surface area contributed by atoms with Crippen LogP contribution in [0, 0.1) is 11.8 Å². The maximum atomic E-state index is 13.0. The van der Waals surface area contributed by atoms with Crippen molar-refractivity contribution in [1.82, 2.24) is 10.6 Å². The molecular weight excluding hydrogens is 548 g/mol. The van der Waals surface area contributed by atoms with Gasteiger partial charge in [-0.15, -0.1) is 0 Å². The van der Waals surface area contributed by atoms with Crippen molar-refractivity contribution < 1.29 is 47.6 Å². The Morgan fingerprint density at radius 2 is 1.31 bits per heavy atom. The van der Waals surface area contributed by atoms with Gasteiger partial charge in [0, 0.05) is 26.3 Å². The summed E-state index contributed by atoms with van der Waals surface area (Å²) in [6, 6.07) is 0.217. The fourth-order valence-corrected chi connectivity index (χ4v) is 5.48. The Kier molecular flexibility index (Phi) is 15.0. The van der Waals surface area contributed by atoms with Gasteiger partial charge in [0.2, 0.25) is 0 Å². The minimum Gasteiger partial charge on any atom is -0.449 e. The Morgan fingerprint density at radius 1 is 0.762 bits per heavy atom. The van der Waals surface area contributed by atoms with Crippen molar-refractivity contribution in [1.29, 1.82) is 0 Å². The van der Waals surface area contributed by atoms with E-state index in [0.29, 0.717) is 11.8 Å². The Bertz CT molecular complexity index is 866. The van der Waals surface area contributed by atoms with Crippen molar-refractivity contribution in [3.63, 3.8) is 0 Å². The number of carbonyl (C=O) groups is 4. The summed E-state index contributed by atoms with van der Waals surface area (Å²) < 4.78 is 30.6. The van der Waals surface area contributed by atoms with Gasteiger partial charge in [-0.3, -0.25) is 4.79 Å². The van der Waals surface area contributed by atoms with Gasteiger partial charge in [-0.2, -0.15) is 0 Å². The van der Waals surface area contributed by atoms with E-state index in [9.17, 15) is 19.2 Å². The summed E-state index contributed by atoms with van der Waals surface area (Å²) in [6.45, 7) is 7.95. The molecular formula is C30H52N2O10. The summed E-state index contributed by atoms with van der Waals surface area (Å²) in [5, 5.41) is 6.07. The highest BCUT2D eigenvalue weighted by Crippen LogP contribution is 2.35. The number of nitrogens with one attached hydrogen (secondary N) is 2. The van der Waals surface area contributed by atoms with Crippen molar-refractivity contribution in [2.24, 2.45) is 11.8 Å². The molecule has 0 saturated heterocycles. The van der Waals surface area contributed by atoms with E-state index in [1.165, 1.54) is 27.4 Å².